The largest absolute Gasteiger partial charge is 0.472 e. The Kier molecular flexibility index (Phi) is 64.6. The van der Waals surface area contributed by atoms with Crippen LogP contribution < -0.4 is 0 Å². The number of carbonyl (C=O) groups excluding carboxylic acids is 4. The predicted octanol–water partition coefficient (Wildman–Crippen LogP) is 21.6. The van der Waals surface area contributed by atoms with E-state index < -0.39 is 97.5 Å². The second kappa shape index (κ2) is 66.0. The number of phosphoric acid groups is 2. The van der Waals surface area contributed by atoms with E-state index >= 15 is 0 Å². The van der Waals surface area contributed by atoms with Gasteiger partial charge in [-0.3, -0.25) is 37.3 Å². The van der Waals surface area contributed by atoms with E-state index in [1.807, 2.05) is 0 Å². The van der Waals surface area contributed by atoms with Crippen LogP contribution in [0.4, 0.5) is 0 Å². The van der Waals surface area contributed by atoms with Crippen molar-refractivity contribution < 1.29 is 80.2 Å². The van der Waals surface area contributed by atoms with E-state index in [1.165, 1.54) is 199 Å². The number of rotatable bonds is 73. The van der Waals surface area contributed by atoms with Crippen LogP contribution in [0.25, 0.3) is 0 Å². The summed E-state index contributed by atoms with van der Waals surface area (Å²) in [6.45, 7) is 9.57. The number of hydrogen-bond donors (Lipinski definition) is 3. The number of aliphatic hydroxyl groups is 1. The van der Waals surface area contributed by atoms with E-state index in [1.54, 1.807) is 0 Å². The molecule has 19 heteroatoms. The smallest absolute Gasteiger partial charge is 0.462 e. The van der Waals surface area contributed by atoms with Gasteiger partial charge in [-0.05, 0) is 37.5 Å². The first-order valence-corrected chi connectivity index (χ1v) is 41.5. The fourth-order valence-corrected chi connectivity index (χ4v) is 12.9. The quantitative estimate of drug-likeness (QED) is 0.0222. The molecule has 0 amide bonds. The van der Waals surface area contributed by atoms with Gasteiger partial charge < -0.3 is 33.8 Å². The fourth-order valence-electron chi connectivity index (χ4n) is 11.3. The molecule has 0 radical (unpaired) electrons. The third-order valence-electron chi connectivity index (χ3n) is 17.2. The van der Waals surface area contributed by atoms with Gasteiger partial charge in [0.05, 0.1) is 26.4 Å². The lowest BCUT2D eigenvalue weighted by Gasteiger charge is -2.21. The monoisotopic (exact) mass is 1370 g/mol. The molecule has 552 valence electrons. The number of carbonyl (C=O) groups is 4. The van der Waals surface area contributed by atoms with Crippen LogP contribution in [-0.2, 0) is 65.4 Å². The summed E-state index contributed by atoms with van der Waals surface area (Å²) in [7, 11) is -9.91. The van der Waals surface area contributed by atoms with Gasteiger partial charge in [0.1, 0.15) is 19.3 Å². The molecule has 0 aromatic heterocycles. The molecule has 93 heavy (non-hydrogen) atoms. The van der Waals surface area contributed by atoms with E-state index in [2.05, 4.69) is 41.5 Å². The molecule has 17 nitrogen and oxygen atoms in total. The van der Waals surface area contributed by atoms with Crippen molar-refractivity contribution in [3.63, 3.8) is 0 Å². The standard InChI is InChI=1S/C74H144O17P2/c1-7-9-11-13-15-17-19-21-22-24-26-34-41-47-53-59-74(79)90-69(62-84-71(76)56-50-44-38-32-28-27-30-36-42-48-54-66(3)4)64-88-92(80,81)86-60-68(75)61-87-93(82,83)89-65-70(63-85-72(77)57-51-45-39-35-29-31-37-43-49-55-67(5)6)91-73(78)58-52-46-40-33-25-23-20-18-16-14-12-10-8-2/h66-70,75H,7-65H2,1-6H3,(H,80,81)(H,82,83)/t68-,69-,70-/m1/s1. The van der Waals surface area contributed by atoms with Crippen molar-refractivity contribution >= 4 is 39.5 Å². The minimum absolute atomic E-state index is 0.107. The molecule has 0 saturated heterocycles. The van der Waals surface area contributed by atoms with Crippen LogP contribution in [0.2, 0.25) is 0 Å². The van der Waals surface area contributed by atoms with Crippen molar-refractivity contribution in [2.45, 2.75) is 400 Å². The second-order valence-electron chi connectivity index (χ2n) is 27.6. The molecule has 2 unspecified atom stereocenters. The van der Waals surface area contributed by atoms with Crippen LogP contribution in [0.3, 0.4) is 0 Å². The average Bonchev–Trinajstić information content (AvgIpc) is 1.59. The molecule has 0 bridgehead atoms. The van der Waals surface area contributed by atoms with Gasteiger partial charge in [-0.15, -0.1) is 0 Å². The molecule has 0 aromatic carbocycles. The summed E-state index contributed by atoms with van der Waals surface area (Å²) in [4.78, 5) is 72.8. The molecule has 5 atom stereocenters. The Hall–Kier alpha value is -1.94. The molecule has 0 spiro atoms. The van der Waals surface area contributed by atoms with E-state index in [4.69, 9.17) is 37.0 Å². The SMILES string of the molecule is CCCCCCCCCCCCCCCCCC(=O)O[C@H](COC(=O)CCCCCCCCCCCCC(C)C)COP(=O)(O)OC[C@@H](O)COP(=O)(O)OC[C@@H](COC(=O)CCCCCCCCCCCC(C)C)OC(=O)CCCCCCCCCCCCCCC. The molecule has 0 aliphatic carbocycles. The van der Waals surface area contributed by atoms with E-state index in [-0.39, 0.29) is 25.7 Å². The van der Waals surface area contributed by atoms with Gasteiger partial charge in [0, 0.05) is 25.7 Å². The molecule has 0 fully saturated rings. The summed E-state index contributed by atoms with van der Waals surface area (Å²) in [6, 6.07) is 0. The van der Waals surface area contributed by atoms with E-state index in [0.29, 0.717) is 25.7 Å². The van der Waals surface area contributed by atoms with Crippen LogP contribution in [-0.4, -0.2) is 96.7 Å². The number of ether oxygens (including phenoxy) is 4. The highest BCUT2D eigenvalue weighted by molar-refractivity contribution is 7.47. The second-order valence-corrected chi connectivity index (χ2v) is 30.5. The highest BCUT2D eigenvalue weighted by Crippen LogP contribution is 2.45. The van der Waals surface area contributed by atoms with Gasteiger partial charge in [-0.2, -0.15) is 0 Å². The maximum absolute atomic E-state index is 13.1. The number of aliphatic hydroxyl groups excluding tert-OH is 1. The van der Waals surface area contributed by atoms with Gasteiger partial charge >= 0.3 is 39.5 Å². The normalized spacial score (nSPS) is 14.1. The number of esters is 4. The van der Waals surface area contributed by atoms with Crippen LogP contribution in [0, 0.1) is 11.8 Å². The number of unbranched alkanes of at least 4 members (excludes halogenated alkanes) is 43. The van der Waals surface area contributed by atoms with Crippen molar-refractivity contribution in [1.29, 1.82) is 0 Å². The van der Waals surface area contributed by atoms with Crippen LogP contribution in [0.1, 0.15) is 382 Å². The molecular formula is C74H144O17P2. The Balaban J connectivity index is 5.26. The van der Waals surface area contributed by atoms with Gasteiger partial charge in [0.15, 0.2) is 12.2 Å². The topological polar surface area (TPSA) is 237 Å². The van der Waals surface area contributed by atoms with Gasteiger partial charge in [0.25, 0.3) is 0 Å². The predicted molar refractivity (Wildman–Crippen MR) is 377 cm³/mol. The minimum Gasteiger partial charge on any atom is -0.462 e. The summed E-state index contributed by atoms with van der Waals surface area (Å²) < 4.78 is 68.5. The Morgan fingerprint density at radius 3 is 0.731 bits per heavy atom. The Morgan fingerprint density at radius 2 is 0.495 bits per heavy atom. The summed E-state index contributed by atoms with van der Waals surface area (Å²) in [6.07, 6.45) is 52.6. The third kappa shape index (κ3) is 68.4. The van der Waals surface area contributed by atoms with Crippen LogP contribution in [0.5, 0.6) is 0 Å². The molecular weight excluding hydrogens is 1220 g/mol. The van der Waals surface area contributed by atoms with Gasteiger partial charge in [-0.25, -0.2) is 9.13 Å². The average molecular weight is 1370 g/mol. The molecule has 0 saturated carbocycles. The lowest BCUT2D eigenvalue weighted by Crippen LogP contribution is -2.30. The molecule has 0 rings (SSSR count). The number of phosphoric ester groups is 2. The minimum atomic E-state index is -4.95. The molecule has 0 aromatic rings. The first-order valence-electron chi connectivity index (χ1n) is 38.5. The van der Waals surface area contributed by atoms with Crippen molar-refractivity contribution in [2.24, 2.45) is 11.8 Å². The Labute approximate surface area is 568 Å². The highest BCUT2D eigenvalue weighted by Gasteiger charge is 2.30. The number of hydrogen-bond acceptors (Lipinski definition) is 15. The molecule has 0 aliphatic heterocycles. The summed E-state index contributed by atoms with van der Waals surface area (Å²) >= 11 is 0. The van der Waals surface area contributed by atoms with Crippen molar-refractivity contribution in [1.82, 2.24) is 0 Å². The highest BCUT2D eigenvalue weighted by atomic mass is 31.2. The zero-order valence-electron chi connectivity index (χ0n) is 60.6. The maximum atomic E-state index is 13.1. The van der Waals surface area contributed by atoms with E-state index in [0.717, 1.165) is 102 Å². The van der Waals surface area contributed by atoms with E-state index in [9.17, 15) is 43.2 Å². The lowest BCUT2D eigenvalue weighted by atomic mass is 10.0. The first-order chi connectivity index (χ1) is 44.9. The van der Waals surface area contributed by atoms with Gasteiger partial charge in [-0.1, -0.05) is 330 Å². The summed E-state index contributed by atoms with van der Waals surface area (Å²) in [5, 5.41) is 10.6. The molecule has 3 N–H and O–H groups in total. The van der Waals surface area contributed by atoms with Crippen molar-refractivity contribution in [2.75, 3.05) is 39.6 Å². The molecule has 0 aliphatic rings. The summed E-state index contributed by atoms with van der Waals surface area (Å²) in [5.41, 5.74) is 0. The van der Waals surface area contributed by atoms with Crippen molar-refractivity contribution in [3.8, 4) is 0 Å². The Morgan fingerprint density at radius 1 is 0.290 bits per heavy atom. The summed E-state index contributed by atoms with van der Waals surface area (Å²) in [5.74, 6) is -0.613. The Bertz CT molecular complexity index is 1800. The van der Waals surface area contributed by atoms with Crippen molar-refractivity contribution in [3.05, 3.63) is 0 Å². The first kappa shape index (κ1) is 91.1. The fraction of sp³-hybridized carbons (Fsp3) is 0.946. The zero-order valence-corrected chi connectivity index (χ0v) is 62.3. The maximum Gasteiger partial charge on any atom is 0.472 e. The van der Waals surface area contributed by atoms with Crippen LogP contribution in [0.15, 0.2) is 0 Å². The zero-order chi connectivity index (χ0) is 68.6. The van der Waals surface area contributed by atoms with Crippen LogP contribution >= 0.6 is 15.6 Å². The van der Waals surface area contributed by atoms with Gasteiger partial charge in [0.2, 0.25) is 0 Å². The lowest BCUT2D eigenvalue weighted by molar-refractivity contribution is -0.161. The molecule has 0 heterocycles. The third-order valence-corrected chi connectivity index (χ3v) is 19.1.